The molecular weight excluding hydrogens is 562 g/mol. The third-order valence-electron chi connectivity index (χ3n) is 5.75. The fourth-order valence-corrected chi connectivity index (χ4v) is 4.04. The van der Waals surface area contributed by atoms with Gasteiger partial charge in [0.15, 0.2) is 11.6 Å². The van der Waals surface area contributed by atoms with Crippen molar-refractivity contribution < 1.29 is 32.3 Å². The third-order valence-corrected chi connectivity index (χ3v) is 6.35. The molecule has 2 N–H and O–H groups in total. The topological polar surface area (TPSA) is 98.7 Å². The van der Waals surface area contributed by atoms with Crippen LogP contribution in [0.5, 0.6) is 0 Å². The molecule has 3 aromatic rings. The van der Waals surface area contributed by atoms with Gasteiger partial charge in [-0.15, -0.1) is 0 Å². The number of rotatable bonds is 4. The lowest BCUT2D eigenvalue weighted by atomic mass is 10.1. The van der Waals surface area contributed by atoms with Crippen LogP contribution >= 0.6 is 15.9 Å². The number of amides is 1. The number of para-hydroxylation sites is 2. The number of nitrogens with one attached hydrogen (secondary N) is 1. The molecule has 0 bridgehead atoms. The molecule has 0 unspecified atom stereocenters. The molecule has 1 saturated heterocycles. The van der Waals surface area contributed by atoms with E-state index in [4.69, 9.17) is 19.9 Å². The second-order valence-corrected chi connectivity index (χ2v) is 9.37. The van der Waals surface area contributed by atoms with Crippen molar-refractivity contribution in [2.24, 2.45) is 0 Å². The lowest BCUT2D eigenvalue weighted by Gasteiger charge is -2.36. The Morgan fingerprint density at radius 2 is 1.59 bits per heavy atom. The maximum absolute atomic E-state index is 13.5. The lowest BCUT2D eigenvalue weighted by molar-refractivity contribution is -0.192. The molecule has 1 amide bonds. The summed E-state index contributed by atoms with van der Waals surface area (Å²) in [5.41, 5.74) is 2.22. The molecule has 0 radical (unpaired) electrons. The second-order valence-electron chi connectivity index (χ2n) is 8.51. The number of carboxylic acids is 1. The van der Waals surface area contributed by atoms with E-state index in [0.717, 1.165) is 35.5 Å². The first-order valence-corrected chi connectivity index (χ1v) is 12.1. The highest BCUT2D eigenvalue weighted by molar-refractivity contribution is 9.10. The predicted molar refractivity (Wildman–Crippen MR) is 132 cm³/mol. The maximum Gasteiger partial charge on any atom is 0.490 e. The highest BCUT2D eigenvalue weighted by Gasteiger charge is 2.38. The largest absolute Gasteiger partial charge is 0.490 e. The number of alkyl halides is 3. The molecule has 0 atom stereocenters. The van der Waals surface area contributed by atoms with Gasteiger partial charge in [-0.2, -0.15) is 13.2 Å². The summed E-state index contributed by atoms with van der Waals surface area (Å²) in [6.45, 7) is 2.48. The van der Waals surface area contributed by atoms with Crippen LogP contribution in [0.15, 0.2) is 46.9 Å². The Morgan fingerprint density at radius 3 is 2.14 bits per heavy atom. The summed E-state index contributed by atoms with van der Waals surface area (Å²) in [6.07, 6.45) is -2.77. The standard InChI is InChI=1S/C22H21BrFN5O.C2HF3O2/c23-16-13-14(5-8-17(16)24)22(30)29-11-9-28(10-12-29)21-20(25-15-6-7-15)26-18-3-1-2-4-19(18)27-21;3-2(4,5)1(6)7/h1-5,8,13,15H,6-7,9-12H2,(H,25,26);(H,6,7). The molecule has 37 heavy (non-hydrogen) atoms. The van der Waals surface area contributed by atoms with Crippen LogP contribution in [0.3, 0.4) is 0 Å². The Labute approximate surface area is 217 Å². The normalized spacial score (nSPS) is 15.7. The molecule has 2 heterocycles. The highest BCUT2D eigenvalue weighted by Crippen LogP contribution is 2.31. The van der Waals surface area contributed by atoms with Gasteiger partial charge < -0.3 is 20.2 Å². The predicted octanol–water partition coefficient (Wildman–Crippen LogP) is 4.70. The monoisotopic (exact) mass is 583 g/mol. The maximum atomic E-state index is 13.5. The number of halogens is 5. The molecule has 2 aliphatic rings. The van der Waals surface area contributed by atoms with Crippen LogP contribution in [0, 0.1) is 5.82 Å². The van der Waals surface area contributed by atoms with Gasteiger partial charge >= 0.3 is 12.1 Å². The van der Waals surface area contributed by atoms with E-state index in [1.54, 1.807) is 4.90 Å². The van der Waals surface area contributed by atoms with E-state index < -0.39 is 12.1 Å². The van der Waals surface area contributed by atoms with Crippen molar-refractivity contribution in [3.63, 3.8) is 0 Å². The molecule has 8 nitrogen and oxygen atoms in total. The number of aliphatic carboxylic acids is 1. The van der Waals surface area contributed by atoms with E-state index >= 15 is 0 Å². The van der Waals surface area contributed by atoms with Crippen molar-refractivity contribution in [1.29, 1.82) is 0 Å². The molecule has 2 fully saturated rings. The molecule has 1 aromatic heterocycles. The number of nitrogens with zero attached hydrogens (tertiary/aromatic N) is 4. The molecule has 196 valence electrons. The summed E-state index contributed by atoms with van der Waals surface area (Å²) in [7, 11) is 0. The van der Waals surface area contributed by atoms with Gasteiger partial charge in [0.1, 0.15) is 5.82 Å². The van der Waals surface area contributed by atoms with Crippen molar-refractivity contribution >= 4 is 50.5 Å². The lowest BCUT2D eigenvalue weighted by Crippen LogP contribution is -2.49. The van der Waals surface area contributed by atoms with Gasteiger partial charge in [0.25, 0.3) is 5.91 Å². The van der Waals surface area contributed by atoms with E-state index in [0.29, 0.717) is 42.3 Å². The number of anilines is 2. The summed E-state index contributed by atoms with van der Waals surface area (Å²) >= 11 is 3.15. The first-order valence-electron chi connectivity index (χ1n) is 11.4. The van der Waals surface area contributed by atoms with E-state index in [-0.39, 0.29) is 11.7 Å². The molecule has 1 aliphatic carbocycles. The fraction of sp³-hybridized carbons (Fsp3) is 0.333. The smallest absolute Gasteiger partial charge is 0.475 e. The average molecular weight is 584 g/mol. The van der Waals surface area contributed by atoms with E-state index in [1.165, 1.54) is 18.2 Å². The SMILES string of the molecule is O=C(O)C(F)(F)F.O=C(c1ccc(F)c(Br)c1)N1CCN(c2nc3ccccc3nc2NC2CC2)CC1. The Morgan fingerprint density at radius 1 is 1.00 bits per heavy atom. The summed E-state index contributed by atoms with van der Waals surface area (Å²) in [5, 5.41) is 10.6. The van der Waals surface area contributed by atoms with Crippen LogP contribution in [-0.2, 0) is 4.79 Å². The third kappa shape index (κ3) is 6.64. The van der Waals surface area contributed by atoms with Gasteiger partial charge in [-0.3, -0.25) is 4.79 Å². The molecule has 5 rings (SSSR count). The van der Waals surface area contributed by atoms with Crippen LogP contribution in [0.25, 0.3) is 11.0 Å². The number of carbonyl (C=O) groups excluding carboxylic acids is 1. The van der Waals surface area contributed by atoms with Gasteiger partial charge in [-0.1, -0.05) is 12.1 Å². The van der Waals surface area contributed by atoms with Gasteiger partial charge in [0.2, 0.25) is 0 Å². The Balaban J connectivity index is 0.000000405. The average Bonchev–Trinajstić information content (AvgIpc) is 3.69. The second kappa shape index (κ2) is 10.9. The number of hydrogen-bond donors (Lipinski definition) is 2. The Bertz CT molecular complexity index is 1310. The first kappa shape index (κ1) is 26.6. The van der Waals surface area contributed by atoms with Gasteiger partial charge in [0.05, 0.1) is 15.5 Å². The summed E-state index contributed by atoms with van der Waals surface area (Å²) in [4.78, 5) is 35.4. The minimum Gasteiger partial charge on any atom is -0.475 e. The number of benzene rings is 2. The number of carboxylic acid groups (broad SMARTS) is 1. The minimum atomic E-state index is -5.08. The number of fused-ring (bicyclic) bond motifs is 1. The van der Waals surface area contributed by atoms with E-state index in [1.807, 2.05) is 24.3 Å². The molecule has 1 saturated carbocycles. The summed E-state index contributed by atoms with van der Waals surface area (Å²) in [5.74, 6) is -1.55. The van der Waals surface area contributed by atoms with Crippen molar-refractivity contribution in [3.05, 3.63) is 58.3 Å². The van der Waals surface area contributed by atoms with Crippen molar-refractivity contribution in [2.45, 2.75) is 25.1 Å². The molecule has 0 spiro atoms. The van der Waals surface area contributed by atoms with Crippen LogP contribution in [-0.4, -0.2) is 70.2 Å². The van der Waals surface area contributed by atoms with E-state index in [9.17, 15) is 22.4 Å². The Kier molecular flexibility index (Phi) is 7.81. The van der Waals surface area contributed by atoms with Gasteiger partial charge in [-0.25, -0.2) is 19.2 Å². The van der Waals surface area contributed by atoms with Gasteiger partial charge in [-0.05, 0) is 59.1 Å². The molecule has 2 aromatic carbocycles. The van der Waals surface area contributed by atoms with Gasteiger partial charge in [0, 0.05) is 37.8 Å². The van der Waals surface area contributed by atoms with Crippen LogP contribution < -0.4 is 10.2 Å². The molecule has 13 heteroatoms. The fourth-order valence-electron chi connectivity index (χ4n) is 3.66. The van der Waals surface area contributed by atoms with Crippen LogP contribution in [0.4, 0.5) is 29.2 Å². The summed E-state index contributed by atoms with van der Waals surface area (Å²) < 4.78 is 45.5. The highest BCUT2D eigenvalue weighted by atomic mass is 79.9. The molecule has 1 aliphatic heterocycles. The number of aromatic nitrogens is 2. The number of hydrogen-bond acceptors (Lipinski definition) is 6. The summed E-state index contributed by atoms with van der Waals surface area (Å²) in [6, 6.07) is 12.7. The van der Waals surface area contributed by atoms with Crippen molar-refractivity contribution in [2.75, 3.05) is 36.4 Å². The first-order chi connectivity index (χ1) is 17.5. The van der Waals surface area contributed by atoms with Crippen molar-refractivity contribution in [3.8, 4) is 0 Å². The zero-order valence-electron chi connectivity index (χ0n) is 19.3. The van der Waals surface area contributed by atoms with Crippen LogP contribution in [0.2, 0.25) is 0 Å². The quantitative estimate of drug-likeness (QED) is 0.429. The van der Waals surface area contributed by atoms with E-state index in [2.05, 4.69) is 26.1 Å². The molecular formula is C24H22BrF4N5O3. The van der Waals surface area contributed by atoms with Crippen molar-refractivity contribution in [1.82, 2.24) is 14.9 Å². The minimum absolute atomic E-state index is 0.0868. The zero-order chi connectivity index (χ0) is 26.7. The number of carbonyl (C=O) groups is 2. The van der Waals surface area contributed by atoms with Crippen LogP contribution in [0.1, 0.15) is 23.2 Å². The Hall–Kier alpha value is -3.48. The number of piperazine rings is 1. The zero-order valence-corrected chi connectivity index (χ0v) is 20.9.